The van der Waals surface area contributed by atoms with Crippen LogP contribution >= 0.6 is 0 Å². The van der Waals surface area contributed by atoms with Gasteiger partial charge in [-0.15, -0.1) is 0 Å². The minimum atomic E-state index is -1.45. The molecular weight excluding hydrogens is 304 g/mol. The van der Waals surface area contributed by atoms with E-state index in [-0.39, 0.29) is 12.0 Å². The highest BCUT2D eigenvalue weighted by Gasteiger charge is 2.44. The van der Waals surface area contributed by atoms with Crippen LogP contribution in [0.5, 0.6) is 0 Å². The van der Waals surface area contributed by atoms with Crippen molar-refractivity contribution in [2.45, 2.75) is 70.4 Å². The molecule has 0 radical (unpaired) electrons. The molecule has 0 saturated carbocycles. The van der Waals surface area contributed by atoms with Gasteiger partial charge in [0.25, 0.3) is 0 Å². The Bertz CT molecular complexity index is 446. The number of aliphatic hydroxyl groups is 5. The average Bonchev–Trinajstić information content (AvgIpc) is 2.51. The highest BCUT2D eigenvalue weighted by atomic mass is 16.7. The van der Waals surface area contributed by atoms with Crippen LogP contribution in [-0.4, -0.2) is 75.6 Å². The van der Waals surface area contributed by atoms with Crippen molar-refractivity contribution in [1.29, 1.82) is 0 Å². The summed E-state index contributed by atoms with van der Waals surface area (Å²) in [5.74, 6) is 0. The normalized spacial score (nSPS) is 41.2. The van der Waals surface area contributed by atoms with Crippen LogP contribution in [0.4, 0.5) is 0 Å². The van der Waals surface area contributed by atoms with Crippen LogP contribution in [0.25, 0.3) is 0 Å². The first-order valence-corrected chi connectivity index (χ1v) is 7.99. The maximum absolute atomic E-state index is 10.0. The molecule has 1 unspecified atom stereocenters. The molecule has 0 aromatic heterocycles. The molecule has 7 heteroatoms. The van der Waals surface area contributed by atoms with Gasteiger partial charge in [-0.05, 0) is 36.3 Å². The van der Waals surface area contributed by atoms with Gasteiger partial charge >= 0.3 is 0 Å². The van der Waals surface area contributed by atoms with Crippen molar-refractivity contribution < 1.29 is 35.0 Å². The van der Waals surface area contributed by atoms with E-state index in [4.69, 9.17) is 9.47 Å². The molecule has 6 atom stereocenters. The minimum absolute atomic E-state index is 0.137. The Hall–Kier alpha value is -0.540. The first kappa shape index (κ1) is 18.8. The van der Waals surface area contributed by atoms with Crippen molar-refractivity contribution in [1.82, 2.24) is 0 Å². The maximum Gasteiger partial charge on any atom is 0.187 e. The number of ether oxygens (including phenoxy) is 2. The zero-order valence-electron chi connectivity index (χ0n) is 13.8. The second-order valence-electron chi connectivity index (χ2n) is 7.11. The average molecular weight is 332 g/mol. The van der Waals surface area contributed by atoms with Crippen LogP contribution in [0.2, 0.25) is 0 Å². The molecule has 0 amide bonds. The fourth-order valence-corrected chi connectivity index (χ4v) is 3.28. The van der Waals surface area contributed by atoms with Crippen molar-refractivity contribution >= 4 is 0 Å². The van der Waals surface area contributed by atoms with Crippen LogP contribution in [-0.2, 0) is 9.47 Å². The van der Waals surface area contributed by atoms with E-state index in [0.29, 0.717) is 6.42 Å². The summed E-state index contributed by atoms with van der Waals surface area (Å²) in [5, 5.41) is 48.7. The summed E-state index contributed by atoms with van der Waals surface area (Å²) in [6.07, 6.45) is -5.39. The van der Waals surface area contributed by atoms with Gasteiger partial charge in [-0.3, -0.25) is 0 Å². The number of hydrogen-bond donors (Lipinski definition) is 5. The first-order chi connectivity index (χ1) is 10.7. The van der Waals surface area contributed by atoms with Crippen LogP contribution in [0.3, 0.4) is 0 Å². The van der Waals surface area contributed by atoms with Crippen molar-refractivity contribution in [3.05, 3.63) is 11.1 Å². The Morgan fingerprint density at radius 1 is 1.13 bits per heavy atom. The Labute approximate surface area is 136 Å². The third-order valence-electron chi connectivity index (χ3n) is 5.08. The maximum atomic E-state index is 10.0. The van der Waals surface area contributed by atoms with Crippen molar-refractivity contribution in [3.8, 4) is 0 Å². The lowest BCUT2D eigenvalue weighted by Gasteiger charge is -2.41. The molecule has 23 heavy (non-hydrogen) atoms. The lowest BCUT2D eigenvalue weighted by molar-refractivity contribution is -0.299. The van der Waals surface area contributed by atoms with Gasteiger partial charge in [0.05, 0.1) is 19.3 Å². The van der Waals surface area contributed by atoms with Crippen LogP contribution < -0.4 is 0 Å². The molecule has 1 aliphatic heterocycles. The van der Waals surface area contributed by atoms with E-state index in [9.17, 15) is 25.5 Å². The molecule has 1 fully saturated rings. The highest BCUT2D eigenvalue weighted by molar-refractivity contribution is 5.26. The first-order valence-electron chi connectivity index (χ1n) is 7.99. The summed E-state index contributed by atoms with van der Waals surface area (Å²) in [6.45, 7) is 5.63. The van der Waals surface area contributed by atoms with Crippen molar-refractivity contribution in [2.75, 3.05) is 13.2 Å². The summed E-state index contributed by atoms with van der Waals surface area (Å²) < 4.78 is 11.0. The molecule has 0 bridgehead atoms. The molecule has 0 aromatic rings. The molecule has 1 saturated heterocycles. The van der Waals surface area contributed by atoms with Crippen LogP contribution in [0.15, 0.2) is 11.1 Å². The van der Waals surface area contributed by atoms with Gasteiger partial charge in [0, 0.05) is 0 Å². The lowest BCUT2D eigenvalue weighted by Crippen LogP contribution is -2.59. The van der Waals surface area contributed by atoms with Gasteiger partial charge in [-0.1, -0.05) is 13.8 Å². The number of aliphatic hydroxyl groups excluding tert-OH is 5. The quantitative estimate of drug-likeness (QED) is 0.432. The summed E-state index contributed by atoms with van der Waals surface area (Å²) in [7, 11) is 0. The largest absolute Gasteiger partial charge is 0.394 e. The fraction of sp³-hybridized carbons (Fsp3) is 0.875. The SMILES string of the molecule is CC1=C(CO[C@@H]2O[C@H](CO)[C@@H](O)[C@H](O)[C@H]2O)C(C)(C)CCC1O. The lowest BCUT2D eigenvalue weighted by atomic mass is 9.72. The van der Waals surface area contributed by atoms with E-state index in [0.717, 1.165) is 17.6 Å². The molecule has 2 aliphatic rings. The smallest absolute Gasteiger partial charge is 0.187 e. The predicted octanol–water partition coefficient (Wildman–Crippen LogP) is -0.700. The molecule has 5 N–H and O–H groups in total. The molecule has 0 aromatic carbocycles. The summed E-state index contributed by atoms with van der Waals surface area (Å²) in [4.78, 5) is 0. The monoisotopic (exact) mass is 332 g/mol. The van der Waals surface area contributed by atoms with Gasteiger partial charge in [0.2, 0.25) is 0 Å². The molecule has 1 heterocycles. The van der Waals surface area contributed by atoms with E-state index in [1.165, 1.54) is 0 Å². The molecule has 0 spiro atoms. The highest BCUT2D eigenvalue weighted by Crippen LogP contribution is 2.40. The standard InChI is InChI=1S/C16H28O7/c1-8-9(16(2,3)5-4-10(8)18)7-22-15-14(21)13(20)12(19)11(6-17)23-15/h10-15,17-21H,4-7H2,1-3H3/t10?,11-,12-,13+,14-,15-/m1/s1. The second kappa shape index (κ2) is 7.14. The van der Waals surface area contributed by atoms with E-state index < -0.39 is 43.4 Å². The third-order valence-corrected chi connectivity index (χ3v) is 5.08. The molecule has 2 rings (SSSR count). The fourth-order valence-electron chi connectivity index (χ4n) is 3.28. The summed E-state index contributed by atoms with van der Waals surface area (Å²) in [5.41, 5.74) is 1.65. The summed E-state index contributed by atoms with van der Waals surface area (Å²) >= 11 is 0. The van der Waals surface area contributed by atoms with Crippen molar-refractivity contribution in [2.24, 2.45) is 5.41 Å². The molecular formula is C16H28O7. The molecule has 7 nitrogen and oxygen atoms in total. The minimum Gasteiger partial charge on any atom is -0.394 e. The van der Waals surface area contributed by atoms with Crippen molar-refractivity contribution in [3.63, 3.8) is 0 Å². The second-order valence-corrected chi connectivity index (χ2v) is 7.11. The molecule has 1 aliphatic carbocycles. The van der Waals surface area contributed by atoms with Crippen LogP contribution in [0, 0.1) is 5.41 Å². The number of rotatable bonds is 4. The topological polar surface area (TPSA) is 120 Å². The van der Waals surface area contributed by atoms with E-state index in [1.807, 2.05) is 6.92 Å². The van der Waals surface area contributed by atoms with Gasteiger partial charge in [-0.2, -0.15) is 0 Å². The Balaban J connectivity index is 2.08. The molecule has 134 valence electrons. The van der Waals surface area contributed by atoms with Gasteiger partial charge in [0.15, 0.2) is 6.29 Å². The van der Waals surface area contributed by atoms with Gasteiger partial charge in [0.1, 0.15) is 24.4 Å². The van der Waals surface area contributed by atoms with Gasteiger partial charge < -0.3 is 35.0 Å². The third kappa shape index (κ3) is 3.76. The van der Waals surface area contributed by atoms with E-state index >= 15 is 0 Å². The number of hydrogen-bond acceptors (Lipinski definition) is 7. The van der Waals surface area contributed by atoms with E-state index in [2.05, 4.69) is 13.8 Å². The Morgan fingerprint density at radius 2 is 1.78 bits per heavy atom. The zero-order chi connectivity index (χ0) is 17.4. The predicted molar refractivity (Wildman–Crippen MR) is 81.4 cm³/mol. The summed E-state index contributed by atoms with van der Waals surface area (Å²) in [6, 6.07) is 0. The van der Waals surface area contributed by atoms with Crippen LogP contribution in [0.1, 0.15) is 33.6 Å². The zero-order valence-corrected chi connectivity index (χ0v) is 13.8. The van der Waals surface area contributed by atoms with E-state index in [1.54, 1.807) is 0 Å². The van der Waals surface area contributed by atoms with Gasteiger partial charge in [-0.25, -0.2) is 0 Å². The Kier molecular flexibility index (Phi) is 5.84. The Morgan fingerprint density at radius 3 is 2.39 bits per heavy atom.